The summed E-state index contributed by atoms with van der Waals surface area (Å²) in [5, 5.41) is 13.5. The lowest BCUT2D eigenvalue weighted by Gasteiger charge is -1.94. The van der Waals surface area contributed by atoms with Crippen LogP contribution in [0.5, 0.6) is 0 Å². The van der Waals surface area contributed by atoms with Gasteiger partial charge in [0.05, 0.1) is 26.4 Å². The minimum atomic E-state index is -2.72. The number of hydrogen-bond donors (Lipinski definition) is 2. The molecule has 3 nitrogen and oxygen atoms in total. The summed E-state index contributed by atoms with van der Waals surface area (Å²) in [6, 6.07) is 0. The second kappa shape index (κ2) is 10.3. The van der Waals surface area contributed by atoms with Crippen molar-refractivity contribution in [2.75, 3.05) is 26.4 Å². The van der Waals surface area contributed by atoms with Gasteiger partial charge in [-0.05, 0) is 0 Å². The van der Waals surface area contributed by atoms with Crippen LogP contribution < -0.4 is 0 Å². The van der Waals surface area contributed by atoms with Crippen LogP contribution in [-0.2, 0) is 4.74 Å². The monoisotopic (exact) mass is 274 g/mol. The average Bonchev–Trinajstić information content (AvgIpc) is 1.85. The Labute approximate surface area is 91.0 Å². The molecule has 0 radical (unpaired) electrons. The molecule has 0 unspecified atom stereocenters. The first-order valence-electron chi connectivity index (χ1n) is 2.97. The molecule has 0 saturated heterocycles. The predicted molar refractivity (Wildman–Crippen MR) is 54.2 cm³/mol. The molecule has 0 bridgehead atoms. The highest BCUT2D eigenvalue weighted by atomic mass is 36.0. The van der Waals surface area contributed by atoms with Gasteiger partial charge in [0.1, 0.15) is 0 Å². The Hall–Kier alpha value is 1.26. The molecule has 0 aromatic rings. The van der Waals surface area contributed by atoms with Crippen LogP contribution in [0.25, 0.3) is 0 Å². The Morgan fingerprint density at radius 1 is 0.917 bits per heavy atom. The molecule has 0 aromatic carbocycles. The molecule has 0 aliphatic heterocycles. The Kier molecular flexibility index (Phi) is 13.5. The smallest absolute Gasteiger partial charge is 0.394 e. The van der Waals surface area contributed by atoms with E-state index >= 15 is 0 Å². The molecule has 0 spiro atoms. The average molecular weight is 276 g/mol. The first-order valence-corrected chi connectivity index (χ1v) is 9.01. The molecule has 8 heteroatoms. The lowest BCUT2D eigenvalue weighted by molar-refractivity contribution is 0.0650. The van der Waals surface area contributed by atoms with Gasteiger partial charge in [-0.25, -0.2) is 0 Å². The largest absolute Gasteiger partial charge is 0.440 e. The van der Waals surface area contributed by atoms with Gasteiger partial charge in [-0.3, -0.25) is 0 Å². The Morgan fingerprint density at radius 3 is 1.33 bits per heavy atom. The van der Waals surface area contributed by atoms with Gasteiger partial charge in [-0.15, -0.1) is 44.3 Å². The van der Waals surface area contributed by atoms with E-state index < -0.39 is 5.31 Å². The van der Waals surface area contributed by atoms with Crippen molar-refractivity contribution in [3.8, 4) is 0 Å². The van der Waals surface area contributed by atoms with Crippen molar-refractivity contribution < 1.29 is 14.9 Å². The fourth-order valence-electron chi connectivity index (χ4n) is 0.231. The van der Waals surface area contributed by atoms with Gasteiger partial charge in [-0.1, -0.05) is 0 Å². The summed E-state index contributed by atoms with van der Waals surface area (Å²) in [5.74, 6) is 0. The van der Waals surface area contributed by atoms with Crippen LogP contribution >= 0.6 is 44.3 Å². The second-order valence-electron chi connectivity index (χ2n) is 1.49. The number of hydrogen-bond acceptors (Lipinski definition) is 3. The molecule has 12 heavy (non-hydrogen) atoms. The normalized spacial score (nSPS) is 10.5. The Bertz CT molecular complexity index is 78.9. The lowest BCUT2D eigenvalue weighted by atomic mass is 10.7. The van der Waals surface area contributed by atoms with E-state index in [2.05, 4.69) is 4.74 Å². The second-order valence-corrected chi connectivity index (χ2v) is 12.6. The molecule has 2 N–H and O–H groups in total. The summed E-state index contributed by atoms with van der Waals surface area (Å²) in [6.07, 6.45) is 0. The first kappa shape index (κ1) is 15.7. The highest BCUT2D eigenvalue weighted by molar-refractivity contribution is 7.81. The molecule has 0 aliphatic carbocycles. The SMILES string of the molecule is Cl[Si](Cl)(Cl)Cl.OCCOCCO. The molecular formula is C4H10Cl4O3Si. The lowest BCUT2D eigenvalue weighted by Crippen LogP contribution is -2.03. The van der Waals surface area contributed by atoms with Crippen molar-refractivity contribution in [1.82, 2.24) is 0 Å². The summed E-state index contributed by atoms with van der Waals surface area (Å²) in [6.45, 7) is 0.696. The zero-order valence-corrected chi connectivity index (χ0v) is 10.2. The molecule has 0 fully saturated rings. The Balaban J connectivity index is 0. The van der Waals surface area contributed by atoms with E-state index in [4.69, 9.17) is 54.5 Å². The molecule has 0 heterocycles. The van der Waals surface area contributed by atoms with Crippen molar-refractivity contribution in [2.45, 2.75) is 0 Å². The molecule has 0 aromatic heterocycles. The molecule has 0 saturated carbocycles. The van der Waals surface area contributed by atoms with E-state index in [0.717, 1.165) is 0 Å². The van der Waals surface area contributed by atoms with Crippen LogP contribution in [-0.4, -0.2) is 42.0 Å². The minimum Gasteiger partial charge on any atom is -0.394 e. The molecule has 0 rings (SSSR count). The molecule has 76 valence electrons. The van der Waals surface area contributed by atoms with Crippen LogP contribution in [0.4, 0.5) is 0 Å². The van der Waals surface area contributed by atoms with E-state index in [9.17, 15) is 0 Å². The van der Waals surface area contributed by atoms with Gasteiger partial charge in [0.2, 0.25) is 0 Å². The summed E-state index contributed by atoms with van der Waals surface area (Å²) < 4.78 is 4.63. The summed E-state index contributed by atoms with van der Waals surface area (Å²) in [5.41, 5.74) is 0. The highest BCUT2D eigenvalue weighted by Gasteiger charge is 2.19. The molecule has 0 aliphatic rings. The van der Waals surface area contributed by atoms with Crippen molar-refractivity contribution in [2.24, 2.45) is 0 Å². The predicted octanol–water partition coefficient (Wildman–Crippen LogP) is 1.36. The van der Waals surface area contributed by atoms with Crippen LogP contribution in [0.3, 0.4) is 0 Å². The Morgan fingerprint density at radius 2 is 1.17 bits per heavy atom. The van der Waals surface area contributed by atoms with Crippen molar-refractivity contribution in [1.29, 1.82) is 0 Å². The summed E-state index contributed by atoms with van der Waals surface area (Å²) >= 11 is 19.9. The fourth-order valence-corrected chi connectivity index (χ4v) is 0.231. The molecule has 0 atom stereocenters. The van der Waals surface area contributed by atoms with E-state index in [1.54, 1.807) is 0 Å². The van der Waals surface area contributed by atoms with Gasteiger partial charge in [0, 0.05) is 0 Å². The van der Waals surface area contributed by atoms with Gasteiger partial charge < -0.3 is 14.9 Å². The first-order chi connectivity index (χ1) is 5.41. The topological polar surface area (TPSA) is 49.7 Å². The van der Waals surface area contributed by atoms with E-state index in [1.165, 1.54) is 0 Å². The third-order valence-electron chi connectivity index (χ3n) is 0.471. The van der Waals surface area contributed by atoms with Gasteiger partial charge >= 0.3 is 5.31 Å². The molecular weight excluding hydrogens is 266 g/mol. The zero-order chi connectivity index (χ0) is 10.0. The maximum Gasteiger partial charge on any atom is 0.440 e. The highest BCUT2D eigenvalue weighted by Crippen LogP contribution is 2.23. The van der Waals surface area contributed by atoms with E-state index in [-0.39, 0.29) is 13.2 Å². The number of halogens is 4. The fraction of sp³-hybridized carbons (Fsp3) is 1.00. The maximum absolute atomic E-state index is 8.09. The number of rotatable bonds is 4. The number of aliphatic hydroxyl groups excluding tert-OH is 2. The van der Waals surface area contributed by atoms with Crippen LogP contribution in [0.15, 0.2) is 0 Å². The quantitative estimate of drug-likeness (QED) is 0.463. The van der Waals surface area contributed by atoms with Crippen LogP contribution in [0.1, 0.15) is 0 Å². The zero-order valence-electron chi connectivity index (χ0n) is 6.14. The number of ether oxygens (including phenoxy) is 1. The maximum atomic E-state index is 8.09. The van der Waals surface area contributed by atoms with E-state index in [0.29, 0.717) is 13.2 Å². The van der Waals surface area contributed by atoms with Gasteiger partial charge in [-0.2, -0.15) is 0 Å². The van der Waals surface area contributed by atoms with Crippen molar-refractivity contribution >= 4 is 49.6 Å². The summed E-state index contributed by atoms with van der Waals surface area (Å²) in [7, 11) is 0. The molecule has 0 amide bonds. The third-order valence-corrected chi connectivity index (χ3v) is 0.471. The number of aliphatic hydroxyl groups is 2. The third kappa shape index (κ3) is 42.9. The van der Waals surface area contributed by atoms with Crippen LogP contribution in [0, 0.1) is 0 Å². The van der Waals surface area contributed by atoms with Crippen molar-refractivity contribution in [3.63, 3.8) is 0 Å². The standard InChI is InChI=1S/C4H10O3.Cl4Si/c5-1-3-7-4-2-6;1-5(2,3)4/h5-6H,1-4H2;. The van der Waals surface area contributed by atoms with E-state index in [1.807, 2.05) is 0 Å². The van der Waals surface area contributed by atoms with Crippen LogP contribution in [0.2, 0.25) is 0 Å². The van der Waals surface area contributed by atoms with Gasteiger partial charge in [0.15, 0.2) is 0 Å². The minimum absolute atomic E-state index is 0.0278. The van der Waals surface area contributed by atoms with Crippen molar-refractivity contribution in [3.05, 3.63) is 0 Å². The summed E-state index contributed by atoms with van der Waals surface area (Å²) in [4.78, 5) is 0. The van der Waals surface area contributed by atoms with Gasteiger partial charge in [0.25, 0.3) is 0 Å².